The fourth-order valence-corrected chi connectivity index (χ4v) is 0.789. The van der Waals surface area contributed by atoms with Crippen molar-refractivity contribution in [3.8, 4) is 0 Å². The van der Waals surface area contributed by atoms with E-state index in [0.717, 1.165) is 5.56 Å². The Balaban J connectivity index is 3.07. The van der Waals surface area contributed by atoms with Crippen LogP contribution < -0.4 is 4.57 Å². The van der Waals surface area contributed by atoms with E-state index in [4.69, 9.17) is 0 Å². The lowest BCUT2D eigenvalue weighted by molar-refractivity contribution is -0.573. The molecule has 0 radical (unpaired) electrons. The number of aryl methyl sites for hydroxylation is 1. The summed E-state index contributed by atoms with van der Waals surface area (Å²) in [5.74, 6) is 0.0451. The molecule has 0 saturated heterocycles. The minimum Gasteiger partial charge on any atom is -0.220 e. The van der Waals surface area contributed by atoms with Gasteiger partial charge in [-0.15, -0.1) is 4.57 Å². The van der Waals surface area contributed by atoms with E-state index in [2.05, 4.69) is 0 Å². The number of pyridine rings is 1. The first kappa shape index (κ1) is 6.93. The van der Waals surface area contributed by atoms with Crippen LogP contribution in [0.25, 0.3) is 0 Å². The largest absolute Gasteiger partial charge is 0.389 e. The third-order valence-corrected chi connectivity index (χ3v) is 1.31. The van der Waals surface area contributed by atoms with Crippen molar-refractivity contribution in [1.29, 1.82) is 0 Å². The maximum Gasteiger partial charge on any atom is 0.389 e. The van der Waals surface area contributed by atoms with Crippen LogP contribution in [0, 0.1) is 6.92 Å². The van der Waals surface area contributed by atoms with Gasteiger partial charge in [-0.25, -0.2) is 4.79 Å². The summed E-state index contributed by atoms with van der Waals surface area (Å²) in [7, 11) is 0. The Morgan fingerprint density at radius 1 is 1.60 bits per heavy atom. The van der Waals surface area contributed by atoms with Crippen LogP contribution in [0.1, 0.15) is 17.3 Å². The Labute approximate surface area is 60.1 Å². The molecule has 0 aliphatic carbocycles. The van der Waals surface area contributed by atoms with Crippen molar-refractivity contribution in [2.75, 3.05) is 0 Å². The fourth-order valence-electron chi connectivity index (χ4n) is 0.789. The van der Waals surface area contributed by atoms with Gasteiger partial charge in [-0.2, -0.15) is 0 Å². The first-order valence-electron chi connectivity index (χ1n) is 3.19. The molecule has 1 aromatic heterocycles. The predicted molar refractivity (Wildman–Crippen MR) is 37.7 cm³/mol. The van der Waals surface area contributed by atoms with Crippen LogP contribution in [0.3, 0.4) is 0 Å². The Morgan fingerprint density at radius 2 is 2.30 bits per heavy atom. The average molecular weight is 136 g/mol. The second kappa shape index (κ2) is 2.60. The van der Waals surface area contributed by atoms with Gasteiger partial charge in [0, 0.05) is 11.6 Å². The molecule has 0 spiro atoms. The van der Waals surface area contributed by atoms with Crippen LogP contribution in [0.5, 0.6) is 0 Å². The molecule has 0 saturated carbocycles. The fraction of sp³-hybridized carbons (Fsp3) is 0.250. The Morgan fingerprint density at radius 3 is 2.70 bits per heavy atom. The van der Waals surface area contributed by atoms with Crippen molar-refractivity contribution >= 4 is 5.91 Å². The van der Waals surface area contributed by atoms with Crippen LogP contribution in [-0.4, -0.2) is 5.91 Å². The van der Waals surface area contributed by atoms with Crippen molar-refractivity contribution in [2.45, 2.75) is 13.8 Å². The van der Waals surface area contributed by atoms with Gasteiger partial charge < -0.3 is 0 Å². The van der Waals surface area contributed by atoms with Crippen LogP contribution in [0.15, 0.2) is 24.5 Å². The van der Waals surface area contributed by atoms with E-state index in [1.165, 1.54) is 0 Å². The number of hydrogen-bond acceptors (Lipinski definition) is 1. The normalized spacial score (nSPS) is 9.40. The van der Waals surface area contributed by atoms with Crippen molar-refractivity contribution in [2.24, 2.45) is 0 Å². The quantitative estimate of drug-likeness (QED) is 0.486. The molecular formula is C8H10NO+. The van der Waals surface area contributed by atoms with Gasteiger partial charge in [-0.1, -0.05) is 0 Å². The maximum atomic E-state index is 10.8. The molecule has 0 fully saturated rings. The van der Waals surface area contributed by atoms with E-state index < -0.39 is 0 Å². The number of carbonyl (C=O) groups excluding carboxylic acids is 1. The van der Waals surface area contributed by atoms with Gasteiger partial charge in [0.2, 0.25) is 0 Å². The highest BCUT2D eigenvalue weighted by molar-refractivity contribution is 5.63. The number of carbonyl (C=O) groups is 1. The van der Waals surface area contributed by atoms with E-state index >= 15 is 0 Å². The number of hydrogen-bond donors (Lipinski definition) is 0. The molecule has 0 unspecified atom stereocenters. The van der Waals surface area contributed by atoms with E-state index in [9.17, 15) is 4.79 Å². The summed E-state index contributed by atoms with van der Waals surface area (Å²) in [6, 6.07) is 3.82. The smallest absolute Gasteiger partial charge is 0.220 e. The number of rotatable bonds is 0. The summed E-state index contributed by atoms with van der Waals surface area (Å²) >= 11 is 0. The zero-order chi connectivity index (χ0) is 7.56. The third kappa shape index (κ3) is 1.41. The van der Waals surface area contributed by atoms with Crippen LogP contribution in [0.2, 0.25) is 0 Å². The standard InChI is InChI=1S/C8H10NO/c1-7-4-3-5-9(6-7)8(2)10/h3-6H,1-2H3/q+1. The summed E-state index contributed by atoms with van der Waals surface area (Å²) in [6.07, 6.45) is 3.55. The SMILES string of the molecule is CC(=O)[n+]1cccc(C)c1. The highest BCUT2D eigenvalue weighted by Crippen LogP contribution is 1.88. The maximum absolute atomic E-state index is 10.8. The summed E-state index contributed by atoms with van der Waals surface area (Å²) in [5, 5.41) is 0. The van der Waals surface area contributed by atoms with E-state index in [1.807, 2.05) is 25.3 Å². The second-order valence-corrected chi connectivity index (χ2v) is 2.31. The number of aromatic nitrogens is 1. The highest BCUT2D eigenvalue weighted by atomic mass is 16.1. The van der Waals surface area contributed by atoms with Gasteiger partial charge in [0.1, 0.15) is 0 Å². The van der Waals surface area contributed by atoms with Gasteiger partial charge in [0.05, 0.1) is 6.92 Å². The van der Waals surface area contributed by atoms with Crippen LogP contribution in [-0.2, 0) is 0 Å². The lowest BCUT2D eigenvalue weighted by Gasteiger charge is -1.88. The van der Waals surface area contributed by atoms with Gasteiger partial charge >= 0.3 is 5.91 Å². The summed E-state index contributed by atoms with van der Waals surface area (Å²) < 4.78 is 1.56. The molecule has 1 heterocycles. The third-order valence-electron chi connectivity index (χ3n) is 1.31. The molecule has 10 heavy (non-hydrogen) atoms. The molecule has 0 aliphatic rings. The Kier molecular flexibility index (Phi) is 1.81. The summed E-state index contributed by atoms with van der Waals surface area (Å²) in [4.78, 5) is 10.8. The first-order chi connectivity index (χ1) is 4.70. The molecule has 0 atom stereocenters. The molecule has 0 N–H and O–H groups in total. The van der Waals surface area contributed by atoms with E-state index in [-0.39, 0.29) is 5.91 Å². The van der Waals surface area contributed by atoms with Crippen LogP contribution >= 0.6 is 0 Å². The van der Waals surface area contributed by atoms with E-state index in [0.29, 0.717) is 0 Å². The lowest BCUT2D eigenvalue weighted by Crippen LogP contribution is -2.39. The molecule has 2 heteroatoms. The van der Waals surface area contributed by atoms with Crippen molar-refractivity contribution in [3.05, 3.63) is 30.1 Å². The van der Waals surface area contributed by atoms with E-state index in [1.54, 1.807) is 17.7 Å². The number of nitrogens with zero attached hydrogens (tertiary/aromatic N) is 1. The minimum atomic E-state index is 0.0451. The molecule has 0 amide bonds. The van der Waals surface area contributed by atoms with Gasteiger partial charge in [0.25, 0.3) is 0 Å². The second-order valence-electron chi connectivity index (χ2n) is 2.31. The molecule has 1 aromatic rings. The average Bonchev–Trinajstić information content (AvgIpc) is 1.88. The Hall–Kier alpha value is -1.18. The minimum absolute atomic E-state index is 0.0451. The molecule has 52 valence electrons. The zero-order valence-corrected chi connectivity index (χ0v) is 6.16. The molecular weight excluding hydrogens is 126 g/mol. The van der Waals surface area contributed by atoms with Gasteiger partial charge in [0.15, 0.2) is 12.4 Å². The predicted octanol–water partition coefficient (Wildman–Crippen LogP) is 0.943. The summed E-state index contributed by atoms with van der Waals surface area (Å²) in [5.41, 5.74) is 1.10. The Bertz CT molecular complexity index is 255. The molecule has 0 bridgehead atoms. The molecule has 2 nitrogen and oxygen atoms in total. The van der Waals surface area contributed by atoms with Gasteiger partial charge in [-0.05, 0) is 13.0 Å². The van der Waals surface area contributed by atoms with Crippen molar-refractivity contribution in [1.82, 2.24) is 0 Å². The first-order valence-corrected chi connectivity index (χ1v) is 3.19. The van der Waals surface area contributed by atoms with Crippen molar-refractivity contribution < 1.29 is 9.36 Å². The molecule has 1 rings (SSSR count). The van der Waals surface area contributed by atoms with Gasteiger partial charge in [-0.3, -0.25) is 0 Å². The topological polar surface area (TPSA) is 20.9 Å². The van der Waals surface area contributed by atoms with Crippen molar-refractivity contribution in [3.63, 3.8) is 0 Å². The monoisotopic (exact) mass is 136 g/mol. The lowest BCUT2D eigenvalue weighted by atomic mass is 10.3. The highest BCUT2D eigenvalue weighted by Gasteiger charge is 2.04. The summed E-state index contributed by atoms with van der Waals surface area (Å²) in [6.45, 7) is 3.50. The molecule has 0 aromatic carbocycles. The van der Waals surface area contributed by atoms with Crippen LogP contribution in [0.4, 0.5) is 0 Å². The zero-order valence-electron chi connectivity index (χ0n) is 6.16. The molecule has 0 aliphatic heterocycles.